The second-order valence-electron chi connectivity index (χ2n) is 9.20. The standard InChI is InChI=1S/C21H36O2/c1-5-17-18-7-6-14(2)20(18,3)11-9-19(17)21(4)10-8-16(23)12-15(21)13-22/h15-19,22-23H,2,5-13H2,1,3-4H3/t15-,16+,17+,18+,19+,20-,21+/m1/s1. The largest absolute Gasteiger partial charge is 0.396 e. The van der Waals surface area contributed by atoms with Crippen molar-refractivity contribution >= 4 is 0 Å². The second-order valence-corrected chi connectivity index (χ2v) is 9.20. The third kappa shape index (κ3) is 2.61. The second kappa shape index (κ2) is 6.19. The van der Waals surface area contributed by atoms with Gasteiger partial charge in [0.1, 0.15) is 0 Å². The first-order valence-electron chi connectivity index (χ1n) is 9.84. The van der Waals surface area contributed by atoms with Crippen LogP contribution in [0.25, 0.3) is 0 Å². The lowest BCUT2D eigenvalue weighted by Crippen LogP contribution is -2.50. The van der Waals surface area contributed by atoms with Crippen molar-refractivity contribution in [2.45, 2.75) is 78.2 Å². The van der Waals surface area contributed by atoms with Crippen LogP contribution in [0.2, 0.25) is 0 Å². The molecule has 0 aromatic rings. The zero-order chi connectivity index (χ0) is 16.8. The highest BCUT2D eigenvalue weighted by Gasteiger charge is 2.56. The van der Waals surface area contributed by atoms with Crippen LogP contribution in [0, 0.1) is 34.5 Å². The van der Waals surface area contributed by atoms with Crippen LogP contribution in [-0.2, 0) is 0 Å². The van der Waals surface area contributed by atoms with E-state index in [2.05, 4.69) is 27.4 Å². The minimum absolute atomic E-state index is 0.194. The monoisotopic (exact) mass is 320 g/mol. The predicted octanol–water partition coefficient (Wildman–Crippen LogP) is 4.55. The summed E-state index contributed by atoms with van der Waals surface area (Å²) < 4.78 is 0. The van der Waals surface area contributed by atoms with Crippen molar-refractivity contribution in [3.8, 4) is 0 Å². The van der Waals surface area contributed by atoms with Gasteiger partial charge < -0.3 is 10.2 Å². The number of hydrogen-bond donors (Lipinski definition) is 2. The summed E-state index contributed by atoms with van der Waals surface area (Å²) in [4.78, 5) is 0. The van der Waals surface area contributed by atoms with Gasteiger partial charge in [0.15, 0.2) is 0 Å². The molecule has 3 saturated carbocycles. The Morgan fingerprint density at radius 3 is 2.52 bits per heavy atom. The van der Waals surface area contributed by atoms with E-state index in [9.17, 15) is 10.2 Å². The van der Waals surface area contributed by atoms with Crippen molar-refractivity contribution < 1.29 is 10.2 Å². The van der Waals surface area contributed by atoms with Gasteiger partial charge in [0.05, 0.1) is 6.10 Å². The minimum Gasteiger partial charge on any atom is -0.396 e. The van der Waals surface area contributed by atoms with Gasteiger partial charge in [0.25, 0.3) is 0 Å². The van der Waals surface area contributed by atoms with Gasteiger partial charge in [-0.15, -0.1) is 0 Å². The molecule has 3 aliphatic rings. The van der Waals surface area contributed by atoms with Crippen LogP contribution in [0.15, 0.2) is 12.2 Å². The molecule has 2 heteroatoms. The summed E-state index contributed by atoms with van der Waals surface area (Å²) in [7, 11) is 0. The summed E-state index contributed by atoms with van der Waals surface area (Å²) in [5.41, 5.74) is 2.04. The molecule has 0 unspecified atom stereocenters. The topological polar surface area (TPSA) is 40.5 Å². The number of aliphatic hydroxyl groups excluding tert-OH is 2. The van der Waals surface area contributed by atoms with Crippen molar-refractivity contribution in [1.29, 1.82) is 0 Å². The highest BCUT2D eigenvalue weighted by atomic mass is 16.3. The smallest absolute Gasteiger partial charge is 0.0544 e. The molecule has 0 saturated heterocycles. The first-order chi connectivity index (χ1) is 10.9. The normalized spacial score (nSPS) is 50.8. The fourth-order valence-electron chi connectivity index (χ4n) is 6.75. The third-order valence-electron chi connectivity index (χ3n) is 8.44. The van der Waals surface area contributed by atoms with Crippen LogP contribution < -0.4 is 0 Å². The molecule has 23 heavy (non-hydrogen) atoms. The molecular formula is C21H36O2. The van der Waals surface area contributed by atoms with Crippen molar-refractivity contribution in [2.24, 2.45) is 34.5 Å². The molecule has 3 aliphatic carbocycles. The van der Waals surface area contributed by atoms with E-state index in [4.69, 9.17) is 0 Å². The number of rotatable bonds is 3. The molecule has 0 amide bonds. The van der Waals surface area contributed by atoms with Gasteiger partial charge in [0, 0.05) is 6.61 Å². The van der Waals surface area contributed by atoms with Gasteiger partial charge in [-0.3, -0.25) is 0 Å². The SMILES string of the molecule is C=C1CC[C@H]2[C@H](CC)[C@@H]([C@@]3(C)CC[C@H](O)C[C@@H]3CO)CC[C@]12C. The maximum atomic E-state index is 10.1. The molecule has 3 fully saturated rings. The number of hydrogen-bond acceptors (Lipinski definition) is 2. The average Bonchev–Trinajstić information content (AvgIpc) is 2.84. The number of aliphatic hydroxyl groups is 2. The fraction of sp³-hybridized carbons (Fsp3) is 0.905. The highest BCUT2D eigenvalue weighted by molar-refractivity contribution is 5.20. The molecule has 0 heterocycles. The van der Waals surface area contributed by atoms with Gasteiger partial charge in [-0.1, -0.05) is 39.3 Å². The summed E-state index contributed by atoms with van der Waals surface area (Å²) in [5.74, 6) is 2.49. The molecule has 2 N–H and O–H groups in total. The zero-order valence-corrected chi connectivity index (χ0v) is 15.4. The van der Waals surface area contributed by atoms with Crippen LogP contribution in [0.1, 0.15) is 72.1 Å². The van der Waals surface area contributed by atoms with Gasteiger partial charge in [-0.25, -0.2) is 0 Å². The van der Waals surface area contributed by atoms with Crippen molar-refractivity contribution in [2.75, 3.05) is 6.61 Å². The van der Waals surface area contributed by atoms with Gasteiger partial charge in [0.2, 0.25) is 0 Å². The van der Waals surface area contributed by atoms with E-state index < -0.39 is 0 Å². The van der Waals surface area contributed by atoms with E-state index in [1.165, 1.54) is 37.7 Å². The lowest BCUT2D eigenvalue weighted by atomic mass is 9.49. The summed E-state index contributed by atoms with van der Waals surface area (Å²) in [5, 5.41) is 20.1. The van der Waals surface area contributed by atoms with Crippen LogP contribution in [0.5, 0.6) is 0 Å². The Morgan fingerprint density at radius 2 is 1.87 bits per heavy atom. The average molecular weight is 321 g/mol. The zero-order valence-electron chi connectivity index (χ0n) is 15.4. The Balaban J connectivity index is 1.89. The van der Waals surface area contributed by atoms with Gasteiger partial charge in [-0.2, -0.15) is 0 Å². The van der Waals surface area contributed by atoms with E-state index in [-0.39, 0.29) is 24.0 Å². The lowest BCUT2D eigenvalue weighted by molar-refractivity contribution is -0.0946. The third-order valence-corrected chi connectivity index (χ3v) is 8.44. The van der Waals surface area contributed by atoms with Crippen LogP contribution in [-0.4, -0.2) is 22.9 Å². The maximum Gasteiger partial charge on any atom is 0.0544 e. The van der Waals surface area contributed by atoms with E-state index in [1.807, 2.05) is 0 Å². The van der Waals surface area contributed by atoms with Gasteiger partial charge in [-0.05, 0) is 79.4 Å². The molecule has 0 aliphatic heterocycles. The van der Waals surface area contributed by atoms with E-state index in [1.54, 1.807) is 0 Å². The van der Waals surface area contributed by atoms with E-state index >= 15 is 0 Å². The van der Waals surface area contributed by atoms with Gasteiger partial charge >= 0.3 is 0 Å². The Bertz CT molecular complexity index is 459. The van der Waals surface area contributed by atoms with Crippen LogP contribution in [0.4, 0.5) is 0 Å². The Hall–Kier alpha value is -0.340. The molecule has 0 aromatic heterocycles. The number of allylic oxidation sites excluding steroid dienone is 1. The first-order valence-corrected chi connectivity index (χ1v) is 9.84. The van der Waals surface area contributed by atoms with Crippen LogP contribution in [0.3, 0.4) is 0 Å². The summed E-state index contributed by atoms with van der Waals surface area (Å²) >= 11 is 0. The van der Waals surface area contributed by atoms with Crippen molar-refractivity contribution in [1.82, 2.24) is 0 Å². The van der Waals surface area contributed by atoms with Crippen LogP contribution >= 0.6 is 0 Å². The van der Waals surface area contributed by atoms with Crippen molar-refractivity contribution in [3.05, 3.63) is 12.2 Å². The quantitative estimate of drug-likeness (QED) is 0.749. The molecular weight excluding hydrogens is 284 g/mol. The minimum atomic E-state index is -0.208. The highest BCUT2D eigenvalue weighted by Crippen LogP contribution is 2.64. The summed E-state index contributed by atoms with van der Waals surface area (Å²) in [6, 6.07) is 0. The molecule has 0 bridgehead atoms. The maximum absolute atomic E-state index is 10.1. The Labute approximate surface area is 142 Å². The first kappa shape index (κ1) is 17.5. The summed E-state index contributed by atoms with van der Waals surface area (Å²) in [6.45, 7) is 11.9. The van der Waals surface area contributed by atoms with E-state index in [0.29, 0.717) is 11.3 Å². The molecule has 0 aromatic carbocycles. The molecule has 132 valence electrons. The summed E-state index contributed by atoms with van der Waals surface area (Å²) in [6.07, 6.45) is 8.88. The van der Waals surface area contributed by atoms with Crippen molar-refractivity contribution in [3.63, 3.8) is 0 Å². The Morgan fingerprint density at radius 1 is 1.13 bits per heavy atom. The lowest BCUT2D eigenvalue weighted by Gasteiger charge is -2.56. The Kier molecular flexibility index (Phi) is 4.70. The molecule has 0 radical (unpaired) electrons. The fourth-order valence-corrected chi connectivity index (χ4v) is 6.75. The molecule has 2 nitrogen and oxygen atoms in total. The molecule has 3 rings (SSSR count). The van der Waals surface area contributed by atoms with E-state index in [0.717, 1.165) is 31.1 Å². The molecule has 0 spiro atoms. The molecule has 7 atom stereocenters. The number of fused-ring (bicyclic) bond motifs is 1. The predicted molar refractivity (Wildman–Crippen MR) is 95.0 cm³/mol.